The van der Waals surface area contributed by atoms with Crippen molar-refractivity contribution < 1.29 is 32.2 Å². The standard InChI is InChI=1S/C22H26N4O7S/c1-5-31-16-12-14(13-17(32-6-2)19(16)33-7-3)20(27)24-25-21(28)18-15-10-8-9-11-26(15)22(23-18)34(4,29)30/h8-13H,5-7H2,1-4H3,(H,24,27)(H,25,28). The van der Waals surface area contributed by atoms with Crippen molar-refractivity contribution in [1.82, 2.24) is 20.2 Å². The highest BCUT2D eigenvalue weighted by atomic mass is 32.2. The fourth-order valence-corrected chi connectivity index (χ4v) is 3.98. The van der Waals surface area contributed by atoms with Crippen LogP contribution in [0.2, 0.25) is 0 Å². The molecule has 0 aliphatic heterocycles. The topological polar surface area (TPSA) is 137 Å². The van der Waals surface area contributed by atoms with E-state index in [0.29, 0.717) is 37.1 Å². The molecule has 182 valence electrons. The number of hydrogen-bond donors (Lipinski definition) is 2. The number of hydrogen-bond acceptors (Lipinski definition) is 8. The number of pyridine rings is 1. The summed E-state index contributed by atoms with van der Waals surface area (Å²) in [5, 5.41) is -0.284. The van der Waals surface area contributed by atoms with Gasteiger partial charge in [-0.15, -0.1) is 0 Å². The second-order valence-electron chi connectivity index (χ2n) is 6.98. The number of nitrogens with zero attached hydrogens (tertiary/aromatic N) is 2. The van der Waals surface area contributed by atoms with E-state index in [-0.39, 0.29) is 21.9 Å². The van der Waals surface area contributed by atoms with Crippen LogP contribution in [0.4, 0.5) is 0 Å². The van der Waals surface area contributed by atoms with E-state index >= 15 is 0 Å². The Morgan fingerprint density at radius 2 is 1.53 bits per heavy atom. The van der Waals surface area contributed by atoms with Gasteiger partial charge in [0.2, 0.25) is 20.7 Å². The predicted molar refractivity (Wildman–Crippen MR) is 123 cm³/mol. The smallest absolute Gasteiger partial charge is 0.290 e. The Hall–Kier alpha value is -3.80. The van der Waals surface area contributed by atoms with E-state index in [0.717, 1.165) is 6.26 Å². The highest BCUT2D eigenvalue weighted by molar-refractivity contribution is 7.90. The van der Waals surface area contributed by atoms with Crippen LogP contribution in [0.15, 0.2) is 41.7 Å². The summed E-state index contributed by atoms with van der Waals surface area (Å²) in [5.74, 6) is -0.406. The number of nitrogens with one attached hydrogen (secondary N) is 2. The van der Waals surface area contributed by atoms with Crippen LogP contribution in [0.3, 0.4) is 0 Å². The SMILES string of the molecule is CCOc1cc(C(=O)NNC(=O)c2nc(S(C)(=O)=O)n3ccccc23)cc(OCC)c1OCC. The van der Waals surface area contributed by atoms with Crippen LogP contribution < -0.4 is 25.1 Å². The fraction of sp³-hybridized carbons (Fsp3) is 0.318. The minimum atomic E-state index is -3.70. The number of fused-ring (bicyclic) bond motifs is 1. The van der Waals surface area contributed by atoms with Gasteiger partial charge in [-0.25, -0.2) is 13.4 Å². The number of aromatic nitrogens is 2. The minimum absolute atomic E-state index is 0.155. The quantitative estimate of drug-likeness (QED) is 0.435. The van der Waals surface area contributed by atoms with E-state index in [1.807, 2.05) is 6.92 Å². The van der Waals surface area contributed by atoms with E-state index in [1.54, 1.807) is 32.0 Å². The Morgan fingerprint density at radius 3 is 2.09 bits per heavy atom. The number of rotatable bonds is 9. The number of benzene rings is 1. The molecule has 0 spiro atoms. The van der Waals surface area contributed by atoms with E-state index in [1.165, 1.54) is 22.7 Å². The third-order valence-electron chi connectivity index (χ3n) is 4.52. The minimum Gasteiger partial charge on any atom is -0.490 e. The molecule has 1 aromatic carbocycles. The lowest BCUT2D eigenvalue weighted by Crippen LogP contribution is -2.41. The lowest BCUT2D eigenvalue weighted by atomic mass is 10.1. The average molecular weight is 491 g/mol. The van der Waals surface area contributed by atoms with Crippen molar-refractivity contribution in [1.29, 1.82) is 0 Å². The van der Waals surface area contributed by atoms with Gasteiger partial charge >= 0.3 is 0 Å². The van der Waals surface area contributed by atoms with Crippen molar-refractivity contribution in [3.8, 4) is 17.2 Å². The van der Waals surface area contributed by atoms with Crippen molar-refractivity contribution in [2.45, 2.75) is 25.9 Å². The van der Waals surface area contributed by atoms with Crippen molar-refractivity contribution in [2.24, 2.45) is 0 Å². The van der Waals surface area contributed by atoms with Crippen LogP contribution in [-0.2, 0) is 9.84 Å². The zero-order valence-electron chi connectivity index (χ0n) is 19.2. The van der Waals surface area contributed by atoms with Gasteiger partial charge in [0.25, 0.3) is 11.8 Å². The Kier molecular flexibility index (Phi) is 7.61. The van der Waals surface area contributed by atoms with Crippen LogP contribution in [-0.4, -0.2) is 55.7 Å². The summed E-state index contributed by atoms with van der Waals surface area (Å²) >= 11 is 0. The molecule has 2 amide bonds. The first kappa shape index (κ1) is 24.8. The van der Waals surface area contributed by atoms with Gasteiger partial charge in [-0.3, -0.25) is 24.8 Å². The largest absolute Gasteiger partial charge is 0.490 e. The van der Waals surface area contributed by atoms with E-state index in [2.05, 4.69) is 15.8 Å². The summed E-state index contributed by atoms with van der Waals surface area (Å²) in [6.45, 7) is 6.45. The van der Waals surface area contributed by atoms with Gasteiger partial charge in [-0.2, -0.15) is 0 Å². The molecule has 0 fully saturated rings. The summed E-state index contributed by atoms with van der Waals surface area (Å²) in [6, 6.07) is 7.76. The molecule has 34 heavy (non-hydrogen) atoms. The second-order valence-corrected chi connectivity index (χ2v) is 8.89. The molecule has 3 aromatic rings. The molecule has 2 N–H and O–H groups in total. The molecule has 0 unspecified atom stereocenters. The lowest BCUT2D eigenvalue weighted by molar-refractivity contribution is 0.0844. The van der Waals surface area contributed by atoms with Gasteiger partial charge in [0.05, 0.1) is 25.3 Å². The molecule has 0 aliphatic carbocycles. The number of carbonyl (C=O) groups is 2. The van der Waals surface area contributed by atoms with Crippen molar-refractivity contribution in [3.05, 3.63) is 47.8 Å². The second kappa shape index (κ2) is 10.4. The van der Waals surface area contributed by atoms with Crippen molar-refractivity contribution in [2.75, 3.05) is 26.1 Å². The van der Waals surface area contributed by atoms with Crippen LogP contribution >= 0.6 is 0 Å². The van der Waals surface area contributed by atoms with Gasteiger partial charge in [0.1, 0.15) is 0 Å². The zero-order valence-corrected chi connectivity index (χ0v) is 20.1. The Balaban J connectivity index is 1.87. The summed E-state index contributed by atoms with van der Waals surface area (Å²) in [7, 11) is -3.70. The Bertz CT molecular complexity index is 1290. The summed E-state index contributed by atoms with van der Waals surface area (Å²) < 4.78 is 42.2. The molecule has 3 rings (SSSR count). The molecule has 0 saturated carbocycles. The first-order valence-corrected chi connectivity index (χ1v) is 12.4. The number of imidazole rings is 1. The molecular formula is C22H26N4O7S. The first-order chi connectivity index (χ1) is 16.2. The Morgan fingerprint density at radius 1 is 0.941 bits per heavy atom. The van der Waals surface area contributed by atoms with E-state index in [9.17, 15) is 18.0 Å². The first-order valence-electron chi connectivity index (χ1n) is 10.5. The van der Waals surface area contributed by atoms with Crippen LogP contribution in [0.1, 0.15) is 41.6 Å². The molecule has 2 heterocycles. The maximum atomic E-state index is 12.8. The third-order valence-corrected chi connectivity index (χ3v) is 5.47. The zero-order chi connectivity index (χ0) is 24.9. The van der Waals surface area contributed by atoms with Gasteiger partial charge in [-0.05, 0) is 45.0 Å². The molecule has 2 aromatic heterocycles. The number of sulfone groups is 1. The van der Waals surface area contributed by atoms with Crippen LogP contribution in [0.25, 0.3) is 5.52 Å². The molecular weight excluding hydrogens is 464 g/mol. The van der Waals surface area contributed by atoms with Gasteiger partial charge in [0, 0.05) is 18.0 Å². The van der Waals surface area contributed by atoms with Gasteiger partial charge < -0.3 is 14.2 Å². The van der Waals surface area contributed by atoms with Crippen molar-refractivity contribution >= 4 is 27.2 Å². The van der Waals surface area contributed by atoms with E-state index in [4.69, 9.17) is 14.2 Å². The van der Waals surface area contributed by atoms with Crippen LogP contribution in [0.5, 0.6) is 17.2 Å². The number of amides is 2. The molecule has 0 aliphatic rings. The van der Waals surface area contributed by atoms with Gasteiger partial charge in [-0.1, -0.05) is 6.07 Å². The number of hydrazine groups is 1. The highest BCUT2D eigenvalue weighted by Gasteiger charge is 2.24. The predicted octanol–water partition coefficient (Wildman–Crippen LogP) is 2.01. The molecule has 0 radical (unpaired) electrons. The number of carbonyl (C=O) groups excluding carboxylic acids is 2. The maximum Gasteiger partial charge on any atom is 0.290 e. The van der Waals surface area contributed by atoms with Gasteiger partial charge in [0.15, 0.2) is 17.2 Å². The lowest BCUT2D eigenvalue weighted by Gasteiger charge is -2.17. The van der Waals surface area contributed by atoms with Crippen molar-refractivity contribution in [3.63, 3.8) is 0 Å². The maximum absolute atomic E-state index is 12.8. The average Bonchev–Trinajstić information content (AvgIpc) is 3.20. The van der Waals surface area contributed by atoms with Crippen LogP contribution in [0, 0.1) is 0 Å². The Labute approximate surface area is 196 Å². The summed E-state index contributed by atoms with van der Waals surface area (Å²) in [5.41, 5.74) is 4.86. The molecule has 0 bridgehead atoms. The fourth-order valence-electron chi connectivity index (χ4n) is 3.20. The monoisotopic (exact) mass is 490 g/mol. The molecule has 11 nitrogen and oxygen atoms in total. The number of ether oxygens (including phenoxy) is 3. The molecule has 0 saturated heterocycles. The normalized spacial score (nSPS) is 11.2. The summed E-state index contributed by atoms with van der Waals surface area (Å²) in [4.78, 5) is 29.5. The molecule has 0 atom stereocenters. The third kappa shape index (κ3) is 5.22. The summed E-state index contributed by atoms with van der Waals surface area (Å²) in [6.07, 6.45) is 2.48. The van der Waals surface area contributed by atoms with E-state index < -0.39 is 21.7 Å². The molecule has 12 heteroatoms. The highest BCUT2D eigenvalue weighted by Crippen LogP contribution is 2.39.